The molecule has 0 spiro atoms. The average Bonchev–Trinajstić information content (AvgIpc) is 2.82. The topological polar surface area (TPSA) is 62.4 Å². The van der Waals surface area contributed by atoms with E-state index in [0.29, 0.717) is 30.0 Å². The molecule has 122 valence electrons. The van der Waals surface area contributed by atoms with Gasteiger partial charge in [-0.1, -0.05) is 18.2 Å². The van der Waals surface area contributed by atoms with Crippen molar-refractivity contribution in [3.63, 3.8) is 0 Å². The summed E-state index contributed by atoms with van der Waals surface area (Å²) in [6, 6.07) is 9.47. The molecule has 0 saturated heterocycles. The number of carbonyl (C=O) groups is 2. The number of benzene rings is 1. The van der Waals surface area contributed by atoms with Crippen molar-refractivity contribution in [2.24, 2.45) is 0 Å². The van der Waals surface area contributed by atoms with Crippen LogP contribution in [0.2, 0.25) is 0 Å². The summed E-state index contributed by atoms with van der Waals surface area (Å²) in [7, 11) is 1.72. The molecule has 5 nitrogen and oxygen atoms in total. The first kappa shape index (κ1) is 16.8. The third-order valence-corrected chi connectivity index (χ3v) is 3.79. The summed E-state index contributed by atoms with van der Waals surface area (Å²) in [5, 5.41) is 0. The van der Waals surface area contributed by atoms with Crippen LogP contribution in [-0.2, 0) is 0 Å². The van der Waals surface area contributed by atoms with E-state index in [1.807, 2.05) is 30.3 Å². The standard InChI is InChI=1S/C18H22N2O3/c1-12-16(14(3)21)13(2)19-17(12)18(22)20(4)10-11-23-15-8-6-5-7-9-15/h5-9,19H,10-11H2,1-4H3. The summed E-state index contributed by atoms with van der Waals surface area (Å²) in [6.45, 7) is 5.97. The Balaban J connectivity index is 2.00. The number of ether oxygens (including phenoxy) is 1. The van der Waals surface area contributed by atoms with Crippen molar-refractivity contribution >= 4 is 11.7 Å². The van der Waals surface area contributed by atoms with E-state index >= 15 is 0 Å². The number of nitrogens with one attached hydrogen (secondary N) is 1. The van der Waals surface area contributed by atoms with E-state index in [1.54, 1.807) is 25.8 Å². The number of H-pyrrole nitrogens is 1. The number of hydrogen-bond donors (Lipinski definition) is 1. The van der Waals surface area contributed by atoms with Crippen LogP contribution >= 0.6 is 0 Å². The number of aryl methyl sites for hydroxylation is 1. The summed E-state index contributed by atoms with van der Waals surface area (Å²) >= 11 is 0. The largest absolute Gasteiger partial charge is 0.492 e. The van der Waals surface area contributed by atoms with Crippen LogP contribution in [0, 0.1) is 13.8 Å². The van der Waals surface area contributed by atoms with Crippen molar-refractivity contribution in [3.8, 4) is 5.75 Å². The van der Waals surface area contributed by atoms with Gasteiger partial charge in [0.05, 0.1) is 6.54 Å². The van der Waals surface area contributed by atoms with E-state index in [1.165, 1.54) is 6.92 Å². The lowest BCUT2D eigenvalue weighted by Crippen LogP contribution is -2.31. The van der Waals surface area contributed by atoms with E-state index in [2.05, 4.69) is 4.98 Å². The minimum absolute atomic E-state index is 0.0367. The van der Waals surface area contributed by atoms with Crippen LogP contribution in [0.4, 0.5) is 0 Å². The molecular formula is C18H22N2O3. The van der Waals surface area contributed by atoms with Gasteiger partial charge in [0.25, 0.3) is 5.91 Å². The van der Waals surface area contributed by atoms with Crippen molar-refractivity contribution in [1.82, 2.24) is 9.88 Å². The minimum atomic E-state index is -0.144. The van der Waals surface area contributed by atoms with Crippen molar-refractivity contribution < 1.29 is 14.3 Å². The Bertz CT molecular complexity index is 705. The molecule has 1 aromatic carbocycles. The summed E-state index contributed by atoms with van der Waals surface area (Å²) in [5.41, 5.74) is 2.50. The third kappa shape index (κ3) is 3.80. The molecule has 0 unspecified atom stereocenters. The summed E-state index contributed by atoms with van der Waals surface area (Å²) < 4.78 is 5.60. The van der Waals surface area contributed by atoms with Gasteiger partial charge in [-0.25, -0.2) is 0 Å². The number of carbonyl (C=O) groups excluding carboxylic acids is 2. The van der Waals surface area contributed by atoms with E-state index in [0.717, 1.165) is 11.4 Å². The molecule has 0 atom stereocenters. The number of rotatable bonds is 6. The van der Waals surface area contributed by atoms with Gasteiger partial charge in [-0.2, -0.15) is 0 Å². The van der Waals surface area contributed by atoms with Crippen molar-refractivity contribution in [1.29, 1.82) is 0 Å². The maximum Gasteiger partial charge on any atom is 0.270 e. The highest BCUT2D eigenvalue weighted by atomic mass is 16.5. The molecule has 0 saturated carbocycles. The molecule has 2 rings (SSSR count). The molecule has 1 aromatic heterocycles. The van der Waals surface area contributed by atoms with Crippen LogP contribution in [0.5, 0.6) is 5.75 Å². The number of amides is 1. The first-order chi connectivity index (χ1) is 10.9. The normalized spacial score (nSPS) is 10.4. The maximum atomic E-state index is 12.5. The zero-order valence-corrected chi connectivity index (χ0v) is 14.0. The van der Waals surface area contributed by atoms with Crippen LogP contribution in [0.3, 0.4) is 0 Å². The fourth-order valence-corrected chi connectivity index (χ4v) is 2.60. The van der Waals surface area contributed by atoms with Gasteiger partial charge in [-0.15, -0.1) is 0 Å². The minimum Gasteiger partial charge on any atom is -0.492 e. The lowest BCUT2D eigenvalue weighted by molar-refractivity contribution is 0.0768. The zero-order valence-electron chi connectivity index (χ0n) is 14.0. The average molecular weight is 314 g/mol. The second-order valence-electron chi connectivity index (χ2n) is 5.57. The van der Waals surface area contributed by atoms with Gasteiger partial charge in [0.2, 0.25) is 0 Å². The van der Waals surface area contributed by atoms with Crippen molar-refractivity contribution in [2.45, 2.75) is 20.8 Å². The second kappa shape index (κ2) is 7.13. The van der Waals surface area contributed by atoms with Crippen LogP contribution < -0.4 is 4.74 Å². The molecule has 0 aliphatic heterocycles. The van der Waals surface area contributed by atoms with Crippen LogP contribution in [0.25, 0.3) is 0 Å². The zero-order chi connectivity index (χ0) is 17.0. The molecule has 2 aromatic rings. The van der Waals surface area contributed by atoms with Gasteiger partial charge in [0.1, 0.15) is 18.1 Å². The Morgan fingerprint density at radius 2 is 1.83 bits per heavy atom. The fourth-order valence-electron chi connectivity index (χ4n) is 2.60. The highest BCUT2D eigenvalue weighted by Crippen LogP contribution is 2.19. The molecule has 1 heterocycles. The number of aromatic nitrogens is 1. The lowest BCUT2D eigenvalue weighted by atomic mass is 10.1. The van der Waals surface area contributed by atoms with E-state index in [-0.39, 0.29) is 11.7 Å². The Morgan fingerprint density at radius 3 is 2.39 bits per heavy atom. The number of ketones is 1. The fraction of sp³-hybridized carbons (Fsp3) is 0.333. The Kier molecular flexibility index (Phi) is 5.21. The van der Waals surface area contributed by atoms with Gasteiger partial charge in [-0.3, -0.25) is 9.59 Å². The monoisotopic (exact) mass is 314 g/mol. The van der Waals surface area contributed by atoms with Gasteiger partial charge in [0.15, 0.2) is 5.78 Å². The smallest absolute Gasteiger partial charge is 0.270 e. The molecule has 0 bridgehead atoms. The van der Waals surface area contributed by atoms with Crippen LogP contribution in [-0.4, -0.2) is 41.8 Å². The third-order valence-electron chi connectivity index (χ3n) is 3.79. The van der Waals surface area contributed by atoms with Gasteiger partial charge >= 0.3 is 0 Å². The number of aromatic amines is 1. The number of likely N-dealkylation sites (N-methyl/N-ethyl adjacent to an activating group) is 1. The van der Waals surface area contributed by atoms with Crippen molar-refractivity contribution in [3.05, 3.63) is 52.8 Å². The first-order valence-corrected chi connectivity index (χ1v) is 7.55. The molecular weight excluding hydrogens is 292 g/mol. The molecule has 23 heavy (non-hydrogen) atoms. The predicted molar refractivity (Wildman–Crippen MR) is 89.2 cm³/mol. The predicted octanol–water partition coefficient (Wildman–Crippen LogP) is 2.99. The SMILES string of the molecule is CC(=O)c1c(C)[nH]c(C(=O)N(C)CCOc2ccccc2)c1C. The van der Waals surface area contributed by atoms with Crippen LogP contribution in [0.15, 0.2) is 30.3 Å². The summed E-state index contributed by atoms with van der Waals surface area (Å²) in [5.74, 6) is 0.597. The van der Waals surface area contributed by atoms with E-state index < -0.39 is 0 Å². The van der Waals surface area contributed by atoms with E-state index in [4.69, 9.17) is 4.74 Å². The van der Waals surface area contributed by atoms with Gasteiger partial charge < -0.3 is 14.6 Å². The van der Waals surface area contributed by atoms with Crippen LogP contribution in [0.1, 0.15) is 39.0 Å². The molecule has 1 N–H and O–H groups in total. The highest BCUT2D eigenvalue weighted by Gasteiger charge is 2.22. The Labute approximate surface area is 136 Å². The molecule has 0 radical (unpaired) electrons. The lowest BCUT2D eigenvalue weighted by Gasteiger charge is -2.17. The number of Topliss-reactive ketones (excluding diaryl/α,β-unsaturated/α-hetero) is 1. The molecule has 5 heteroatoms. The number of nitrogens with zero attached hydrogens (tertiary/aromatic N) is 1. The van der Waals surface area contributed by atoms with E-state index in [9.17, 15) is 9.59 Å². The Hall–Kier alpha value is -2.56. The quantitative estimate of drug-likeness (QED) is 0.834. The van der Waals surface area contributed by atoms with Gasteiger partial charge in [0, 0.05) is 18.3 Å². The summed E-state index contributed by atoms with van der Waals surface area (Å²) in [4.78, 5) is 28.8. The maximum absolute atomic E-state index is 12.5. The molecule has 1 amide bonds. The highest BCUT2D eigenvalue weighted by molar-refractivity contribution is 6.02. The molecule has 0 fully saturated rings. The summed E-state index contributed by atoms with van der Waals surface area (Å²) in [6.07, 6.45) is 0. The molecule has 0 aliphatic carbocycles. The Morgan fingerprint density at radius 1 is 1.17 bits per heavy atom. The second-order valence-corrected chi connectivity index (χ2v) is 5.57. The first-order valence-electron chi connectivity index (χ1n) is 7.55. The number of hydrogen-bond acceptors (Lipinski definition) is 3. The number of para-hydroxylation sites is 1. The molecule has 0 aliphatic rings. The van der Waals surface area contributed by atoms with Gasteiger partial charge in [-0.05, 0) is 38.5 Å². The van der Waals surface area contributed by atoms with Crippen molar-refractivity contribution in [2.75, 3.05) is 20.2 Å².